The van der Waals surface area contributed by atoms with Gasteiger partial charge in [0.15, 0.2) is 18.8 Å². The number of phenolic OH excluding ortho intramolecular Hbond substituents is 1. The lowest BCUT2D eigenvalue weighted by Crippen LogP contribution is -2.63. The highest BCUT2D eigenvalue weighted by atomic mass is 16.7. The third-order valence-corrected chi connectivity index (χ3v) is 5.89. The first kappa shape index (κ1) is 32.7. The van der Waals surface area contributed by atoms with Crippen molar-refractivity contribution in [3.63, 3.8) is 0 Å². The molecule has 0 aliphatic carbocycles. The summed E-state index contributed by atoms with van der Waals surface area (Å²) in [5, 5.41) is 10.5. The Morgan fingerprint density at radius 2 is 1.23 bits per heavy atom. The number of ether oxygens (including phenoxy) is 8. The minimum Gasteiger partial charge on any atom is -0.507 e. The Hall–Kier alpha value is -4.85. The number of methoxy groups -OCH3 is 1. The highest BCUT2D eigenvalue weighted by Gasteiger charge is 2.53. The van der Waals surface area contributed by atoms with Crippen molar-refractivity contribution in [3.05, 3.63) is 48.0 Å². The summed E-state index contributed by atoms with van der Waals surface area (Å²) in [6.07, 6.45) is -7.03. The van der Waals surface area contributed by atoms with Crippen LogP contribution in [0.5, 0.6) is 23.0 Å². The molecule has 1 fully saturated rings. The topological polar surface area (TPSA) is 179 Å². The molecule has 0 aromatic heterocycles. The zero-order valence-corrected chi connectivity index (χ0v) is 24.1. The Balaban J connectivity index is 1.76. The molecule has 2 aromatic carbocycles. The number of aromatic hydroxyl groups is 1. The van der Waals surface area contributed by atoms with Crippen molar-refractivity contribution in [2.45, 2.75) is 58.4 Å². The first-order valence-electron chi connectivity index (χ1n) is 13.0. The van der Waals surface area contributed by atoms with Gasteiger partial charge in [0.25, 0.3) is 0 Å². The van der Waals surface area contributed by atoms with E-state index in [1.54, 1.807) is 24.3 Å². The molecule has 43 heavy (non-hydrogen) atoms. The molecule has 0 unspecified atom stereocenters. The molecule has 1 aliphatic rings. The SMILES string of the molecule is COc1ccc(OCC(=O)c2ccc(OC[C@@H]3O[C@@H](OC(C)=O)[C@@H](OC(C)=O)[C@H](OC(C)=O)[C@H]3OC(C)=O)cc2O)cc1. The number of benzene rings is 2. The van der Waals surface area contributed by atoms with Crippen LogP contribution in [0.3, 0.4) is 0 Å². The predicted octanol–water partition coefficient (Wildman–Crippen LogP) is 2.12. The smallest absolute Gasteiger partial charge is 0.305 e. The molecule has 1 heterocycles. The van der Waals surface area contributed by atoms with E-state index in [-0.39, 0.29) is 24.5 Å². The Morgan fingerprint density at radius 3 is 1.79 bits per heavy atom. The molecule has 3 rings (SSSR count). The van der Waals surface area contributed by atoms with Crippen LogP contribution in [0, 0.1) is 0 Å². The fraction of sp³-hybridized carbons (Fsp3) is 0.414. The summed E-state index contributed by atoms with van der Waals surface area (Å²) in [5.74, 6) is -2.94. The molecule has 1 saturated heterocycles. The van der Waals surface area contributed by atoms with Gasteiger partial charge in [-0.25, -0.2) is 0 Å². The van der Waals surface area contributed by atoms with Crippen LogP contribution < -0.4 is 14.2 Å². The van der Waals surface area contributed by atoms with E-state index in [4.69, 9.17) is 37.9 Å². The Kier molecular flexibility index (Phi) is 11.3. The van der Waals surface area contributed by atoms with Crippen molar-refractivity contribution in [2.24, 2.45) is 0 Å². The van der Waals surface area contributed by atoms with Crippen molar-refractivity contribution < 1.29 is 67.0 Å². The molecule has 14 nitrogen and oxygen atoms in total. The van der Waals surface area contributed by atoms with E-state index in [1.807, 2.05) is 0 Å². The van der Waals surface area contributed by atoms with Gasteiger partial charge in [0.2, 0.25) is 18.2 Å². The van der Waals surface area contributed by atoms with Crippen LogP contribution in [0.15, 0.2) is 42.5 Å². The van der Waals surface area contributed by atoms with E-state index < -0.39 is 66.1 Å². The molecular weight excluding hydrogens is 572 g/mol. The third-order valence-electron chi connectivity index (χ3n) is 5.89. The number of esters is 4. The Bertz CT molecular complexity index is 1320. The number of carbonyl (C=O) groups excluding carboxylic acids is 5. The number of carbonyl (C=O) groups is 5. The zero-order chi connectivity index (χ0) is 31.7. The van der Waals surface area contributed by atoms with Crippen LogP contribution in [0.25, 0.3) is 0 Å². The molecule has 2 aromatic rings. The van der Waals surface area contributed by atoms with Crippen molar-refractivity contribution in [1.29, 1.82) is 0 Å². The number of rotatable bonds is 12. The summed E-state index contributed by atoms with van der Waals surface area (Å²) < 4.78 is 43.1. The maximum Gasteiger partial charge on any atom is 0.305 e. The van der Waals surface area contributed by atoms with Crippen molar-refractivity contribution in [2.75, 3.05) is 20.3 Å². The van der Waals surface area contributed by atoms with Crippen LogP contribution in [0.2, 0.25) is 0 Å². The van der Waals surface area contributed by atoms with Gasteiger partial charge in [-0.1, -0.05) is 0 Å². The molecule has 5 atom stereocenters. The van der Waals surface area contributed by atoms with Crippen LogP contribution >= 0.6 is 0 Å². The number of hydrogen-bond donors (Lipinski definition) is 1. The second-order valence-electron chi connectivity index (χ2n) is 9.25. The fourth-order valence-corrected chi connectivity index (χ4v) is 4.16. The van der Waals surface area contributed by atoms with Crippen LogP contribution in [0.4, 0.5) is 0 Å². The number of ketones is 1. The molecule has 0 spiro atoms. The van der Waals surface area contributed by atoms with Gasteiger partial charge in [0.1, 0.15) is 35.7 Å². The van der Waals surface area contributed by atoms with Gasteiger partial charge in [0, 0.05) is 33.8 Å². The predicted molar refractivity (Wildman–Crippen MR) is 144 cm³/mol. The number of hydrogen-bond acceptors (Lipinski definition) is 14. The van der Waals surface area contributed by atoms with Gasteiger partial charge in [0.05, 0.1) is 12.7 Å². The first-order chi connectivity index (χ1) is 20.4. The van der Waals surface area contributed by atoms with Gasteiger partial charge in [-0.15, -0.1) is 0 Å². The van der Waals surface area contributed by atoms with E-state index in [1.165, 1.54) is 25.3 Å². The normalized spacial score (nSPS) is 21.1. The fourth-order valence-electron chi connectivity index (χ4n) is 4.16. The lowest BCUT2D eigenvalue weighted by Gasteiger charge is -2.43. The van der Waals surface area contributed by atoms with E-state index in [0.29, 0.717) is 11.5 Å². The highest BCUT2D eigenvalue weighted by Crippen LogP contribution is 2.31. The highest BCUT2D eigenvalue weighted by molar-refractivity contribution is 5.99. The van der Waals surface area contributed by atoms with Gasteiger partial charge >= 0.3 is 23.9 Å². The van der Waals surface area contributed by atoms with E-state index in [9.17, 15) is 29.1 Å². The van der Waals surface area contributed by atoms with Crippen molar-refractivity contribution in [3.8, 4) is 23.0 Å². The monoisotopic (exact) mass is 604 g/mol. The van der Waals surface area contributed by atoms with E-state index in [2.05, 4.69) is 0 Å². The molecule has 1 aliphatic heterocycles. The lowest BCUT2D eigenvalue weighted by molar-refractivity contribution is -0.298. The molecule has 0 saturated carbocycles. The summed E-state index contributed by atoms with van der Waals surface area (Å²) in [4.78, 5) is 60.0. The first-order valence-corrected chi connectivity index (χ1v) is 13.0. The molecule has 14 heteroatoms. The average Bonchev–Trinajstić information content (AvgIpc) is 2.93. The Morgan fingerprint density at radius 1 is 0.698 bits per heavy atom. The van der Waals surface area contributed by atoms with Crippen LogP contribution in [-0.4, -0.2) is 85.8 Å². The van der Waals surface area contributed by atoms with Crippen LogP contribution in [-0.2, 0) is 42.9 Å². The zero-order valence-electron chi connectivity index (χ0n) is 24.1. The molecule has 1 N–H and O–H groups in total. The molecule has 0 radical (unpaired) electrons. The summed E-state index contributed by atoms with van der Waals surface area (Å²) in [5.41, 5.74) is -0.0263. The van der Waals surface area contributed by atoms with Crippen LogP contribution in [0.1, 0.15) is 38.1 Å². The van der Waals surface area contributed by atoms with Gasteiger partial charge < -0.3 is 43.0 Å². The third kappa shape index (κ3) is 9.33. The average molecular weight is 605 g/mol. The maximum absolute atomic E-state index is 12.6. The van der Waals surface area contributed by atoms with E-state index >= 15 is 0 Å². The minimum atomic E-state index is -1.55. The Labute approximate surface area is 246 Å². The van der Waals surface area contributed by atoms with Crippen molar-refractivity contribution >= 4 is 29.7 Å². The van der Waals surface area contributed by atoms with Gasteiger partial charge in [-0.05, 0) is 36.4 Å². The number of Topliss-reactive ketones (excluding diaryl/α,β-unsaturated/α-hetero) is 1. The maximum atomic E-state index is 12.6. The largest absolute Gasteiger partial charge is 0.507 e. The van der Waals surface area contributed by atoms with Gasteiger partial charge in [-0.2, -0.15) is 0 Å². The molecular formula is C29H32O14. The summed E-state index contributed by atoms with van der Waals surface area (Å²) in [6.45, 7) is 3.63. The standard InChI is InChI=1S/C29H32O14/c1-15(30)39-26-25(43-29(42-18(4)33)28(41-17(3)32)27(26)40-16(2)31)14-38-21-10-11-22(23(34)12-21)24(35)13-37-20-8-6-19(36-5)7-9-20/h6-12,25-29,34H,13-14H2,1-5H3/t25-,26-,27+,28-,29+/m0/s1. The second kappa shape index (κ2) is 14.9. The summed E-state index contributed by atoms with van der Waals surface area (Å²) in [7, 11) is 1.52. The molecule has 0 amide bonds. The molecule has 232 valence electrons. The second-order valence-corrected chi connectivity index (χ2v) is 9.25. The van der Waals surface area contributed by atoms with Crippen molar-refractivity contribution in [1.82, 2.24) is 0 Å². The van der Waals surface area contributed by atoms with Gasteiger partial charge in [-0.3, -0.25) is 24.0 Å². The lowest BCUT2D eigenvalue weighted by atomic mass is 9.98. The quantitative estimate of drug-likeness (QED) is 0.211. The number of phenols is 1. The van der Waals surface area contributed by atoms with E-state index in [0.717, 1.165) is 27.7 Å². The summed E-state index contributed by atoms with van der Waals surface area (Å²) in [6, 6.07) is 10.5. The summed E-state index contributed by atoms with van der Waals surface area (Å²) >= 11 is 0. The molecule has 0 bridgehead atoms. The minimum absolute atomic E-state index is 0.0263.